The van der Waals surface area contributed by atoms with E-state index in [-0.39, 0.29) is 102 Å². The number of halogens is 2. The first-order valence-electron chi connectivity index (χ1n) is 27.4. The van der Waals surface area contributed by atoms with Crippen LogP contribution in [0.15, 0.2) is 164 Å². The highest BCUT2D eigenvalue weighted by Crippen LogP contribution is 2.46. The number of esters is 4. The molecule has 0 radical (unpaired) electrons. The number of pyridine rings is 1. The average Bonchev–Trinajstić information content (AvgIpc) is 3.71. The summed E-state index contributed by atoms with van der Waals surface area (Å²) in [7, 11) is -4.49. The molecule has 4 N–H and O–H groups in total. The van der Waals surface area contributed by atoms with E-state index in [0.29, 0.717) is 41.5 Å². The van der Waals surface area contributed by atoms with Crippen LogP contribution in [0.4, 0.5) is 4.39 Å². The van der Waals surface area contributed by atoms with Crippen molar-refractivity contribution < 1.29 is 70.5 Å². The quantitative estimate of drug-likeness (QED) is 0.00939. The zero-order chi connectivity index (χ0) is 59.8. The number of hydrogen-bond acceptors (Lipinski definition) is 15. The van der Waals surface area contributed by atoms with Crippen LogP contribution in [0.25, 0.3) is 0 Å². The van der Waals surface area contributed by atoms with Gasteiger partial charge in [0.2, 0.25) is 17.8 Å². The van der Waals surface area contributed by atoms with E-state index in [1.807, 2.05) is 12.1 Å². The van der Waals surface area contributed by atoms with E-state index in [1.54, 1.807) is 140 Å². The number of benzene rings is 5. The SMILES string of the molecule is O=C(CCC(NC(=O)CCCCCNC(=O)c1cnc(F)c(Cl)c1)C(=O)OCc1ccccc1)NC(CCCOP(=O)(NC(CCC(=O)OCc1ccccc1)C(=O)OCc1ccccc1)OCc1ccccc1)C(=O)OCc1ccccc1. The molecule has 6 aromatic rings. The minimum atomic E-state index is -4.49. The lowest BCUT2D eigenvalue weighted by atomic mass is 10.1. The van der Waals surface area contributed by atoms with E-state index in [9.17, 15) is 42.5 Å². The molecule has 0 saturated heterocycles. The molecule has 0 aliphatic heterocycles. The summed E-state index contributed by atoms with van der Waals surface area (Å²) in [4.78, 5) is 97.2. The Balaban J connectivity index is 1.09. The molecule has 0 aliphatic rings. The minimum absolute atomic E-state index is 0.0000706. The van der Waals surface area contributed by atoms with Gasteiger partial charge in [0.05, 0.1) is 23.8 Å². The number of nitrogens with one attached hydrogen (secondary N) is 4. The average molecular weight is 1190 g/mol. The molecular weight excluding hydrogens is 1120 g/mol. The standard InChI is InChI=1S/C62H68ClFN5O14P/c63-51-38-50(39-66-58(51)64)59(73)65-36-18-6-17-31-55(70)68-53(61(75)80-42-47-24-11-3-12-25-47)32-34-56(71)67-52(60(74)79-41-46-22-9-2-10-23-46)30-19-37-82-84(77,83-44-49-28-15-5-16-29-49)69-54(62(76)81-43-48-26-13-4-14-27-48)33-35-57(72)78-40-45-20-7-1-8-21-45/h1-5,7-16,20-29,38-39,52-54H,6,17-19,30-37,40-44H2,(H,65,73)(H,67,71)(H,68,70)(H,69,77). The molecule has 0 spiro atoms. The number of nitrogens with zero attached hydrogens (tertiary/aromatic N) is 1. The highest BCUT2D eigenvalue weighted by Gasteiger charge is 2.35. The van der Waals surface area contributed by atoms with Crippen molar-refractivity contribution in [3.63, 3.8) is 0 Å². The lowest BCUT2D eigenvalue weighted by Gasteiger charge is -2.25. The molecular formula is C62H68ClFN5O14P. The van der Waals surface area contributed by atoms with Gasteiger partial charge in [-0.05, 0) is 72.4 Å². The maximum absolute atomic E-state index is 14.8. The molecule has 4 atom stereocenters. The summed E-state index contributed by atoms with van der Waals surface area (Å²) < 4.78 is 62.4. The molecule has 3 amide bonds. The molecule has 0 bridgehead atoms. The molecule has 0 fully saturated rings. The fourth-order valence-electron chi connectivity index (χ4n) is 8.05. The van der Waals surface area contributed by atoms with Crippen LogP contribution in [-0.4, -0.2) is 77.9 Å². The zero-order valence-electron chi connectivity index (χ0n) is 46.2. The number of unbranched alkanes of at least 4 members (excludes halogenated alkanes) is 2. The second-order valence-corrected chi connectivity index (χ2v) is 21.4. The van der Waals surface area contributed by atoms with Gasteiger partial charge < -0.3 is 34.9 Å². The predicted molar refractivity (Wildman–Crippen MR) is 308 cm³/mol. The van der Waals surface area contributed by atoms with Crippen molar-refractivity contribution in [3.05, 3.63) is 208 Å². The van der Waals surface area contributed by atoms with Crippen molar-refractivity contribution in [2.75, 3.05) is 13.2 Å². The van der Waals surface area contributed by atoms with Gasteiger partial charge in [-0.1, -0.05) is 170 Å². The third-order valence-electron chi connectivity index (χ3n) is 12.6. The molecule has 1 heterocycles. The number of carbonyl (C=O) groups excluding carboxylic acids is 7. The Morgan fingerprint density at radius 2 is 0.940 bits per heavy atom. The van der Waals surface area contributed by atoms with Crippen LogP contribution >= 0.6 is 19.3 Å². The van der Waals surface area contributed by atoms with Crippen molar-refractivity contribution in [2.45, 2.75) is 115 Å². The van der Waals surface area contributed by atoms with Gasteiger partial charge in [-0.3, -0.25) is 33.0 Å². The number of carbonyl (C=O) groups is 7. The summed E-state index contributed by atoms with van der Waals surface area (Å²) in [5.74, 6) is -5.63. The maximum atomic E-state index is 14.8. The fourth-order valence-corrected chi connectivity index (χ4v) is 9.74. The zero-order valence-corrected chi connectivity index (χ0v) is 47.9. The van der Waals surface area contributed by atoms with Gasteiger partial charge in [0.25, 0.3) is 5.91 Å². The summed E-state index contributed by atoms with van der Waals surface area (Å²) >= 11 is 5.75. The Hall–Kier alpha value is -8.13. The van der Waals surface area contributed by atoms with E-state index < -0.39 is 73.4 Å². The van der Waals surface area contributed by atoms with Crippen molar-refractivity contribution in [1.82, 2.24) is 26.0 Å². The van der Waals surface area contributed by atoms with Gasteiger partial charge >= 0.3 is 31.6 Å². The van der Waals surface area contributed by atoms with Gasteiger partial charge in [-0.15, -0.1) is 0 Å². The molecule has 1 aromatic heterocycles. The summed E-state index contributed by atoms with van der Waals surface area (Å²) in [5.41, 5.74) is 3.51. The van der Waals surface area contributed by atoms with Crippen molar-refractivity contribution in [2.24, 2.45) is 0 Å². The number of hydrogen-bond donors (Lipinski definition) is 4. The van der Waals surface area contributed by atoms with Gasteiger partial charge in [0.15, 0.2) is 0 Å². The van der Waals surface area contributed by atoms with Crippen LogP contribution in [-0.2, 0) is 94.4 Å². The van der Waals surface area contributed by atoms with Gasteiger partial charge in [0, 0.05) is 32.0 Å². The Labute approximate surface area is 492 Å². The molecule has 22 heteroatoms. The fraction of sp³-hybridized carbons (Fsp3) is 0.323. The monoisotopic (exact) mass is 1190 g/mol. The Kier molecular flexibility index (Phi) is 27.7. The van der Waals surface area contributed by atoms with Crippen LogP contribution in [0.5, 0.6) is 0 Å². The summed E-state index contributed by atoms with van der Waals surface area (Å²) in [6, 6.07) is 41.6. The van der Waals surface area contributed by atoms with E-state index >= 15 is 0 Å². The Morgan fingerprint density at radius 1 is 0.500 bits per heavy atom. The lowest BCUT2D eigenvalue weighted by Crippen LogP contribution is -2.45. The molecule has 19 nitrogen and oxygen atoms in total. The van der Waals surface area contributed by atoms with Crippen molar-refractivity contribution >= 4 is 60.9 Å². The Morgan fingerprint density at radius 3 is 1.44 bits per heavy atom. The number of amides is 3. The van der Waals surface area contributed by atoms with Crippen LogP contribution in [0.1, 0.15) is 102 Å². The number of rotatable bonds is 36. The molecule has 4 unspecified atom stereocenters. The normalized spacial score (nSPS) is 12.7. The second-order valence-electron chi connectivity index (χ2n) is 19.2. The smallest absolute Gasteiger partial charge is 0.406 e. The predicted octanol–water partition coefficient (Wildman–Crippen LogP) is 9.75. The summed E-state index contributed by atoms with van der Waals surface area (Å²) in [6.07, 6.45) is 1.24. The third kappa shape index (κ3) is 24.4. The molecule has 0 aliphatic carbocycles. The van der Waals surface area contributed by atoms with Crippen LogP contribution in [0, 0.1) is 5.95 Å². The first-order chi connectivity index (χ1) is 40.7. The van der Waals surface area contributed by atoms with Gasteiger partial charge in [0.1, 0.15) is 44.6 Å². The van der Waals surface area contributed by atoms with Crippen molar-refractivity contribution in [3.8, 4) is 0 Å². The summed E-state index contributed by atoms with van der Waals surface area (Å²) in [5, 5.41) is 10.5. The third-order valence-corrected chi connectivity index (χ3v) is 14.5. The van der Waals surface area contributed by atoms with Gasteiger partial charge in [-0.25, -0.2) is 24.2 Å². The molecule has 0 saturated carbocycles. The van der Waals surface area contributed by atoms with Gasteiger partial charge in [-0.2, -0.15) is 4.39 Å². The first-order valence-corrected chi connectivity index (χ1v) is 29.3. The molecule has 5 aromatic carbocycles. The number of aromatic nitrogens is 1. The second kappa shape index (κ2) is 35.8. The topological polar surface area (TPSA) is 253 Å². The van der Waals surface area contributed by atoms with E-state index in [0.717, 1.165) is 11.8 Å². The maximum Gasteiger partial charge on any atom is 0.406 e. The Bertz CT molecular complexity index is 3080. The first kappa shape index (κ1) is 65.0. The van der Waals surface area contributed by atoms with E-state index in [4.69, 9.17) is 39.6 Å². The van der Waals surface area contributed by atoms with Crippen molar-refractivity contribution in [1.29, 1.82) is 0 Å². The number of ether oxygens (including phenoxy) is 4. The highest BCUT2D eigenvalue weighted by molar-refractivity contribution is 7.51. The van der Waals surface area contributed by atoms with E-state index in [2.05, 4.69) is 26.0 Å². The lowest BCUT2D eigenvalue weighted by molar-refractivity contribution is -0.150. The van der Waals surface area contributed by atoms with Crippen LogP contribution in [0.2, 0.25) is 5.02 Å². The molecule has 444 valence electrons. The molecule has 84 heavy (non-hydrogen) atoms. The van der Waals surface area contributed by atoms with Crippen LogP contribution < -0.4 is 21.0 Å². The summed E-state index contributed by atoms with van der Waals surface area (Å²) in [6.45, 7) is -0.690. The molecule has 6 rings (SSSR count). The highest BCUT2D eigenvalue weighted by atomic mass is 35.5. The minimum Gasteiger partial charge on any atom is -0.461 e. The van der Waals surface area contributed by atoms with Crippen LogP contribution in [0.3, 0.4) is 0 Å². The van der Waals surface area contributed by atoms with E-state index in [1.165, 1.54) is 6.07 Å². The largest absolute Gasteiger partial charge is 0.461 e.